The highest BCUT2D eigenvalue weighted by atomic mass is 35.5. The normalized spacial score (nSPS) is 12.0. The summed E-state index contributed by atoms with van der Waals surface area (Å²) in [5.74, 6) is -0.312. The molecule has 1 amide bonds. The monoisotopic (exact) mass is 367 g/mol. The quantitative estimate of drug-likeness (QED) is 0.641. The lowest BCUT2D eigenvalue weighted by Crippen LogP contribution is -2.39. The van der Waals surface area contributed by atoms with Crippen LogP contribution in [0.15, 0.2) is 24.5 Å². The van der Waals surface area contributed by atoms with Crippen molar-refractivity contribution in [1.82, 2.24) is 15.0 Å². The van der Waals surface area contributed by atoms with Gasteiger partial charge < -0.3 is 20.8 Å². The molecule has 128 valence electrons. The summed E-state index contributed by atoms with van der Waals surface area (Å²) < 4.78 is 4.88. The Hall–Kier alpha value is -2.00. The fourth-order valence-corrected chi connectivity index (χ4v) is 3.14. The Morgan fingerprint density at radius 3 is 3.08 bits per heavy atom. The molecule has 0 saturated carbocycles. The lowest BCUT2D eigenvalue weighted by atomic mass is 10.1. The average Bonchev–Trinajstić information content (AvgIpc) is 3.10. The summed E-state index contributed by atoms with van der Waals surface area (Å²) in [6.45, 7) is 2.13. The number of methoxy groups -OCH3 is 1. The van der Waals surface area contributed by atoms with Gasteiger partial charge in [0.1, 0.15) is 11.7 Å². The maximum atomic E-state index is 12.0. The first-order valence-electron chi connectivity index (χ1n) is 7.05. The molecule has 1 unspecified atom stereocenters. The first-order chi connectivity index (χ1) is 11.1. The number of nitrogens with zero attached hydrogens (tertiary/aromatic N) is 2. The Balaban J connectivity index is 0.00000208. The van der Waals surface area contributed by atoms with Crippen molar-refractivity contribution in [3.8, 4) is 11.3 Å². The van der Waals surface area contributed by atoms with Crippen molar-refractivity contribution in [3.63, 3.8) is 0 Å². The number of thiazole rings is 1. The second-order valence-electron chi connectivity index (χ2n) is 5.08. The number of nitrogens with one attached hydrogen (secondary N) is 2. The van der Waals surface area contributed by atoms with Crippen LogP contribution in [-0.2, 0) is 9.53 Å². The van der Waals surface area contributed by atoms with Gasteiger partial charge in [0.05, 0.1) is 12.3 Å². The first kappa shape index (κ1) is 18.3. The molecule has 0 aliphatic carbocycles. The van der Waals surface area contributed by atoms with Crippen LogP contribution in [-0.4, -0.2) is 40.6 Å². The molecule has 0 spiro atoms. The summed E-state index contributed by atoms with van der Waals surface area (Å²) in [4.78, 5) is 24.9. The highest BCUT2D eigenvalue weighted by Crippen LogP contribution is 2.34. The van der Waals surface area contributed by atoms with E-state index in [1.54, 1.807) is 6.20 Å². The number of ether oxygens (including phenoxy) is 1. The number of carbonyl (C=O) groups excluding carboxylic acids is 1. The molecule has 0 aromatic carbocycles. The Morgan fingerprint density at radius 2 is 2.33 bits per heavy atom. The molecule has 3 rings (SSSR count). The van der Waals surface area contributed by atoms with Crippen molar-refractivity contribution >= 4 is 45.8 Å². The van der Waals surface area contributed by atoms with Gasteiger partial charge in [0.25, 0.3) is 0 Å². The van der Waals surface area contributed by atoms with Gasteiger partial charge in [0.15, 0.2) is 5.13 Å². The van der Waals surface area contributed by atoms with Crippen molar-refractivity contribution in [2.45, 2.75) is 13.0 Å². The third-order valence-corrected chi connectivity index (χ3v) is 4.30. The number of nitrogens with two attached hydrogens (primary N) is 1. The third kappa shape index (κ3) is 3.57. The molecule has 0 fully saturated rings. The highest BCUT2D eigenvalue weighted by Gasteiger charge is 2.18. The van der Waals surface area contributed by atoms with Gasteiger partial charge in [-0.1, -0.05) is 0 Å². The average molecular weight is 368 g/mol. The van der Waals surface area contributed by atoms with Crippen LogP contribution in [0, 0.1) is 6.92 Å². The molecule has 0 aliphatic heterocycles. The van der Waals surface area contributed by atoms with Gasteiger partial charge in [-0.3, -0.25) is 4.79 Å². The van der Waals surface area contributed by atoms with E-state index >= 15 is 0 Å². The Bertz CT molecular complexity index is 847. The van der Waals surface area contributed by atoms with Crippen LogP contribution in [0.1, 0.15) is 4.88 Å². The van der Waals surface area contributed by atoms with Crippen molar-refractivity contribution in [2.75, 3.05) is 19.0 Å². The molecule has 24 heavy (non-hydrogen) atoms. The van der Waals surface area contributed by atoms with Crippen molar-refractivity contribution in [2.24, 2.45) is 5.73 Å². The number of amides is 1. The molecule has 4 N–H and O–H groups in total. The molecule has 7 nitrogen and oxygen atoms in total. The summed E-state index contributed by atoms with van der Waals surface area (Å²) in [5.41, 5.74) is 8.31. The summed E-state index contributed by atoms with van der Waals surface area (Å²) in [6, 6.07) is 3.15. The summed E-state index contributed by atoms with van der Waals surface area (Å²) in [5, 5.41) is 4.25. The van der Waals surface area contributed by atoms with Gasteiger partial charge >= 0.3 is 0 Å². The van der Waals surface area contributed by atoms with Crippen LogP contribution >= 0.6 is 23.7 Å². The second kappa shape index (κ2) is 7.71. The summed E-state index contributed by atoms with van der Waals surface area (Å²) in [6.07, 6.45) is 3.61. The molecule has 1 atom stereocenters. The molecule has 3 aromatic heterocycles. The van der Waals surface area contributed by atoms with Crippen LogP contribution in [0.5, 0.6) is 0 Å². The zero-order valence-corrected chi connectivity index (χ0v) is 14.8. The Labute approximate surface area is 149 Å². The molecule has 9 heteroatoms. The molecule has 3 heterocycles. The van der Waals surface area contributed by atoms with E-state index in [0.29, 0.717) is 5.13 Å². The number of aryl methyl sites for hydroxylation is 1. The zero-order valence-electron chi connectivity index (χ0n) is 13.2. The van der Waals surface area contributed by atoms with Gasteiger partial charge in [-0.25, -0.2) is 9.97 Å². The number of pyridine rings is 1. The molecule has 0 saturated heterocycles. The number of fused-ring (bicyclic) bond motifs is 1. The molecule has 0 aliphatic rings. The second-order valence-corrected chi connectivity index (χ2v) is 6.28. The lowest BCUT2D eigenvalue weighted by Gasteiger charge is -2.08. The molecule has 3 aromatic rings. The van der Waals surface area contributed by atoms with Crippen molar-refractivity contribution in [1.29, 1.82) is 0 Å². The predicted octanol–water partition coefficient (Wildman–Crippen LogP) is 2.33. The lowest BCUT2D eigenvalue weighted by molar-refractivity contribution is -0.118. The third-order valence-electron chi connectivity index (χ3n) is 3.42. The molecule has 0 radical (unpaired) electrons. The van der Waals surface area contributed by atoms with E-state index in [0.717, 1.165) is 27.2 Å². The van der Waals surface area contributed by atoms with E-state index in [1.165, 1.54) is 18.4 Å². The van der Waals surface area contributed by atoms with E-state index in [2.05, 4.69) is 20.3 Å². The van der Waals surface area contributed by atoms with Gasteiger partial charge in [-0.2, -0.15) is 0 Å². The Morgan fingerprint density at radius 1 is 1.54 bits per heavy atom. The van der Waals surface area contributed by atoms with Gasteiger partial charge in [0, 0.05) is 35.3 Å². The number of hydrogen-bond acceptors (Lipinski definition) is 6. The number of anilines is 1. The van der Waals surface area contributed by atoms with E-state index in [-0.39, 0.29) is 24.9 Å². The van der Waals surface area contributed by atoms with E-state index < -0.39 is 6.04 Å². The SMILES string of the molecule is COCC(N)C(=O)Nc1nc(-c2c[nH]c3ncccc23)c(C)s1.Cl. The van der Waals surface area contributed by atoms with Crippen LogP contribution < -0.4 is 11.1 Å². The number of halogens is 1. The number of H-pyrrole nitrogens is 1. The summed E-state index contributed by atoms with van der Waals surface area (Å²) >= 11 is 1.41. The molecule has 0 bridgehead atoms. The minimum Gasteiger partial charge on any atom is -0.383 e. The standard InChI is InChI=1S/C15H17N5O2S.ClH/c1-8-12(10-6-18-13-9(10)4-3-5-17-13)19-15(23-8)20-14(21)11(16)7-22-2;/h3-6,11H,7,16H2,1-2H3,(H,17,18)(H,19,20,21);1H. The Kier molecular flexibility index (Phi) is 5.89. The van der Waals surface area contributed by atoms with Gasteiger partial charge in [-0.15, -0.1) is 23.7 Å². The molecular formula is C15H18ClN5O2S. The fraction of sp³-hybridized carbons (Fsp3) is 0.267. The number of carbonyl (C=O) groups is 1. The van der Waals surface area contributed by atoms with Crippen LogP contribution in [0.2, 0.25) is 0 Å². The van der Waals surface area contributed by atoms with Crippen LogP contribution in [0.4, 0.5) is 5.13 Å². The maximum absolute atomic E-state index is 12.0. The largest absolute Gasteiger partial charge is 0.383 e. The minimum atomic E-state index is -0.718. The van der Waals surface area contributed by atoms with Crippen LogP contribution in [0.25, 0.3) is 22.3 Å². The molecular weight excluding hydrogens is 350 g/mol. The van der Waals surface area contributed by atoms with Crippen LogP contribution in [0.3, 0.4) is 0 Å². The van der Waals surface area contributed by atoms with Crippen molar-refractivity contribution in [3.05, 3.63) is 29.4 Å². The van der Waals surface area contributed by atoms with E-state index in [9.17, 15) is 4.79 Å². The number of hydrogen-bond donors (Lipinski definition) is 3. The fourth-order valence-electron chi connectivity index (χ4n) is 2.30. The van der Waals surface area contributed by atoms with E-state index in [1.807, 2.05) is 25.3 Å². The predicted molar refractivity (Wildman–Crippen MR) is 97.7 cm³/mol. The number of aromatic nitrogens is 3. The summed E-state index contributed by atoms with van der Waals surface area (Å²) in [7, 11) is 1.50. The number of aromatic amines is 1. The smallest absolute Gasteiger partial charge is 0.245 e. The van der Waals surface area contributed by atoms with Gasteiger partial charge in [-0.05, 0) is 19.1 Å². The minimum absolute atomic E-state index is 0. The highest BCUT2D eigenvalue weighted by molar-refractivity contribution is 7.16. The topological polar surface area (TPSA) is 106 Å². The van der Waals surface area contributed by atoms with Crippen molar-refractivity contribution < 1.29 is 9.53 Å². The van der Waals surface area contributed by atoms with E-state index in [4.69, 9.17) is 10.5 Å². The van der Waals surface area contributed by atoms with Gasteiger partial charge in [0.2, 0.25) is 5.91 Å². The number of rotatable bonds is 5. The first-order valence-corrected chi connectivity index (χ1v) is 7.87. The maximum Gasteiger partial charge on any atom is 0.245 e. The zero-order chi connectivity index (χ0) is 16.4.